The number of nitrogens with zero attached hydrogens (tertiary/aromatic N) is 2. The van der Waals surface area contributed by atoms with Crippen LogP contribution in [0.25, 0.3) is 10.8 Å². The summed E-state index contributed by atoms with van der Waals surface area (Å²) in [5, 5.41) is 14.1. The fourth-order valence-electron chi connectivity index (χ4n) is 4.13. The number of fused-ring (bicyclic) bond motifs is 1. The molecule has 3 aromatic rings. The number of ether oxygens (including phenoxy) is 1. The van der Waals surface area contributed by atoms with E-state index in [1.54, 1.807) is 12.1 Å². The fraction of sp³-hybridized carbons (Fsp3) is 0.348. The molecule has 4 rings (SSSR count). The monoisotopic (exact) mass is 528 g/mol. The first-order valence-corrected chi connectivity index (χ1v) is 12.3. The maximum atomic E-state index is 13.2. The summed E-state index contributed by atoms with van der Waals surface area (Å²) < 4.78 is 33.8. The van der Waals surface area contributed by atoms with Gasteiger partial charge in [0, 0.05) is 45.2 Å². The molecule has 1 aliphatic rings. The van der Waals surface area contributed by atoms with Crippen LogP contribution in [0.3, 0.4) is 0 Å². The van der Waals surface area contributed by atoms with Gasteiger partial charge in [0.15, 0.2) is 0 Å². The number of thiophene rings is 1. The number of sulfonamides is 1. The van der Waals surface area contributed by atoms with E-state index in [4.69, 9.17) is 4.74 Å². The summed E-state index contributed by atoms with van der Waals surface area (Å²) in [6.45, 7) is 4.90. The van der Waals surface area contributed by atoms with E-state index in [2.05, 4.69) is 25.3 Å². The molecule has 8 heteroatoms. The molecule has 2 aromatic carbocycles. The van der Waals surface area contributed by atoms with Crippen LogP contribution in [0.2, 0.25) is 0 Å². The van der Waals surface area contributed by atoms with Gasteiger partial charge in [-0.25, -0.2) is 8.42 Å². The van der Waals surface area contributed by atoms with Gasteiger partial charge >= 0.3 is 0 Å². The van der Waals surface area contributed by atoms with E-state index >= 15 is 0 Å². The molecule has 0 saturated carbocycles. The Morgan fingerprint density at radius 3 is 2.77 bits per heavy atom. The number of nitriles is 1. The number of hydrogen-bond donors (Lipinski definition) is 0. The molecule has 0 spiro atoms. The quantitative estimate of drug-likeness (QED) is 0.440. The predicted molar refractivity (Wildman–Crippen MR) is 120 cm³/mol. The van der Waals surface area contributed by atoms with Gasteiger partial charge in [-0.3, -0.25) is 15.6 Å². The van der Waals surface area contributed by atoms with Gasteiger partial charge in [-0.15, -0.1) is 10.3 Å². The largest absolute Gasteiger partial charge is 0.387 e. The van der Waals surface area contributed by atoms with E-state index in [0.717, 1.165) is 15.6 Å². The molecule has 2 heterocycles. The maximum absolute atomic E-state index is 13.2. The Morgan fingerprint density at radius 2 is 2.10 bits per heavy atom. The number of anilines is 1. The first-order valence-electron chi connectivity index (χ1n) is 9.88. The van der Waals surface area contributed by atoms with E-state index < -0.39 is 10.0 Å². The van der Waals surface area contributed by atoms with Crippen molar-refractivity contribution in [3.05, 3.63) is 64.4 Å². The minimum Gasteiger partial charge on any atom is -0.387 e. The Bertz CT molecular complexity index is 1190. The minimum atomic E-state index is -3.47. The second-order valence-electron chi connectivity index (χ2n) is 7.91. The SMILES string of the molecule is CC(C)C1CS(=O)(=O)N(c2ccc3c(C#N)cccc3c2)C1COCc1cc[c-]s1.[Y]. The van der Waals surface area contributed by atoms with Crippen LogP contribution in [0.1, 0.15) is 24.3 Å². The van der Waals surface area contributed by atoms with Crippen LogP contribution in [0.5, 0.6) is 0 Å². The average Bonchev–Trinajstić information content (AvgIpc) is 3.32. The van der Waals surface area contributed by atoms with Crippen molar-refractivity contribution < 1.29 is 45.9 Å². The zero-order chi connectivity index (χ0) is 21.3. The van der Waals surface area contributed by atoms with E-state index in [-0.39, 0.29) is 56.3 Å². The van der Waals surface area contributed by atoms with E-state index in [1.807, 2.05) is 36.4 Å². The molecule has 0 aliphatic carbocycles. The van der Waals surface area contributed by atoms with Gasteiger partial charge < -0.3 is 4.74 Å². The molecule has 0 bridgehead atoms. The molecule has 159 valence electrons. The molecule has 0 N–H and O–H groups in total. The van der Waals surface area contributed by atoms with Crippen molar-refractivity contribution in [1.29, 1.82) is 5.26 Å². The average molecular weight is 528 g/mol. The zero-order valence-electron chi connectivity index (χ0n) is 17.5. The van der Waals surface area contributed by atoms with Gasteiger partial charge in [0.1, 0.15) is 0 Å². The van der Waals surface area contributed by atoms with Crippen molar-refractivity contribution in [3.8, 4) is 6.07 Å². The Balaban J connectivity index is 0.00000272. The van der Waals surface area contributed by atoms with Crippen LogP contribution in [-0.4, -0.2) is 26.8 Å². The third kappa shape index (κ3) is 5.04. The normalized spacial score (nSPS) is 20.0. The van der Waals surface area contributed by atoms with Gasteiger partial charge in [-0.05, 0) is 34.9 Å². The minimum absolute atomic E-state index is 0. The molecular weight excluding hydrogens is 505 g/mol. The molecule has 0 amide bonds. The van der Waals surface area contributed by atoms with Crippen molar-refractivity contribution in [3.63, 3.8) is 0 Å². The van der Waals surface area contributed by atoms with Gasteiger partial charge in [0.05, 0.1) is 35.7 Å². The van der Waals surface area contributed by atoms with Crippen LogP contribution >= 0.6 is 11.3 Å². The summed E-state index contributed by atoms with van der Waals surface area (Å²) in [7, 11) is -3.47. The molecule has 31 heavy (non-hydrogen) atoms. The Kier molecular flexibility index (Phi) is 7.93. The molecule has 1 saturated heterocycles. The Hall–Kier alpha value is -1.30. The zero-order valence-corrected chi connectivity index (χ0v) is 22.0. The van der Waals surface area contributed by atoms with Crippen molar-refractivity contribution in [2.45, 2.75) is 26.5 Å². The third-order valence-corrected chi connectivity index (χ3v) is 8.31. The molecule has 5 nitrogen and oxygen atoms in total. The van der Waals surface area contributed by atoms with E-state index in [0.29, 0.717) is 24.5 Å². The van der Waals surface area contributed by atoms with Crippen LogP contribution in [-0.2, 0) is 54.1 Å². The van der Waals surface area contributed by atoms with E-state index in [1.165, 1.54) is 15.6 Å². The standard InChI is InChI=1S/C23H23N2O3S2.Y/c1-16(2)22-15-30(26,27)25(23(22)14-28-13-20-7-4-10-29-20)19-8-9-21-17(11-19)5-3-6-18(21)12-24;/h3-9,11,16,22-23H,13-15H2,1-2H3;/q-1;. The Labute approximate surface area is 212 Å². The second-order valence-corrected chi connectivity index (χ2v) is 10.8. The molecule has 1 radical (unpaired) electrons. The summed E-state index contributed by atoms with van der Waals surface area (Å²) >= 11 is 1.51. The number of hydrogen-bond acceptors (Lipinski definition) is 5. The molecule has 2 unspecified atom stereocenters. The second kappa shape index (κ2) is 10.1. The Morgan fingerprint density at radius 1 is 1.29 bits per heavy atom. The van der Waals surface area contributed by atoms with Crippen molar-refractivity contribution in [1.82, 2.24) is 0 Å². The summed E-state index contributed by atoms with van der Waals surface area (Å²) in [6.07, 6.45) is 0. The van der Waals surface area contributed by atoms with Crippen molar-refractivity contribution >= 4 is 37.8 Å². The third-order valence-electron chi connectivity index (χ3n) is 5.65. The topological polar surface area (TPSA) is 70.4 Å². The van der Waals surface area contributed by atoms with Crippen LogP contribution in [0.15, 0.2) is 48.5 Å². The molecule has 2 atom stereocenters. The maximum Gasteiger partial charge on any atom is 0.235 e. The summed E-state index contributed by atoms with van der Waals surface area (Å²) in [5.74, 6) is 0.298. The van der Waals surface area contributed by atoms with Crippen LogP contribution in [0.4, 0.5) is 5.69 Å². The van der Waals surface area contributed by atoms with Crippen molar-refractivity contribution in [2.24, 2.45) is 11.8 Å². The smallest absolute Gasteiger partial charge is 0.235 e. The van der Waals surface area contributed by atoms with Crippen LogP contribution in [0, 0.1) is 28.5 Å². The first kappa shape index (κ1) is 24.3. The molecule has 1 aliphatic heterocycles. The van der Waals surface area contributed by atoms with Gasteiger partial charge in [-0.1, -0.05) is 32.0 Å². The number of rotatable bonds is 6. The predicted octanol–water partition coefficient (Wildman–Crippen LogP) is 4.58. The number of benzene rings is 2. The molecule has 1 aromatic heterocycles. The van der Waals surface area contributed by atoms with Gasteiger partial charge in [-0.2, -0.15) is 17.4 Å². The van der Waals surface area contributed by atoms with Gasteiger partial charge in [0.2, 0.25) is 10.0 Å². The summed E-state index contributed by atoms with van der Waals surface area (Å²) in [5.41, 5.74) is 1.20. The molecule has 1 fully saturated rings. The first-order chi connectivity index (χ1) is 14.4. The molecular formula is C23H23N2O3S2Y-. The summed E-state index contributed by atoms with van der Waals surface area (Å²) in [6, 6.07) is 16.7. The van der Waals surface area contributed by atoms with Gasteiger partial charge in [0.25, 0.3) is 0 Å². The van der Waals surface area contributed by atoms with Crippen molar-refractivity contribution in [2.75, 3.05) is 16.7 Å². The van der Waals surface area contributed by atoms with Crippen LogP contribution < -0.4 is 4.31 Å². The fourth-order valence-corrected chi connectivity index (χ4v) is 7.01. The summed E-state index contributed by atoms with van der Waals surface area (Å²) in [4.78, 5) is 1.07. The van der Waals surface area contributed by atoms with E-state index in [9.17, 15) is 13.7 Å².